The number of nitrogens with one attached hydrogen (secondary N) is 1. The van der Waals surface area contributed by atoms with Crippen molar-refractivity contribution in [2.24, 2.45) is 0 Å². The number of hydrogen-bond donors (Lipinski definition) is 1. The van der Waals surface area contributed by atoms with E-state index in [0.29, 0.717) is 6.54 Å². The smallest absolute Gasteiger partial charge is 0.258 e. The Morgan fingerprint density at radius 2 is 2.05 bits per heavy atom. The van der Waals surface area contributed by atoms with Gasteiger partial charge in [-0.2, -0.15) is 0 Å². The van der Waals surface area contributed by atoms with Crippen LogP contribution in [0.2, 0.25) is 0 Å². The van der Waals surface area contributed by atoms with Gasteiger partial charge in [0.05, 0.1) is 17.2 Å². The van der Waals surface area contributed by atoms with Crippen LogP contribution in [0, 0.1) is 27.7 Å². The average Bonchev–Trinajstić information content (AvgIpc) is 2.84. The summed E-state index contributed by atoms with van der Waals surface area (Å²) in [6.45, 7) is 8.47. The van der Waals surface area contributed by atoms with Crippen molar-refractivity contribution in [3.63, 3.8) is 0 Å². The summed E-state index contributed by atoms with van der Waals surface area (Å²) in [5, 5.41) is 5.76. The van der Waals surface area contributed by atoms with Gasteiger partial charge in [-0.3, -0.25) is 4.79 Å². The van der Waals surface area contributed by atoms with Gasteiger partial charge >= 0.3 is 0 Å². The first kappa shape index (κ1) is 15.5. The fourth-order valence-electron chi connectivity index (χ4n) is 2.02. The van der Waals surface area contributed by atoms with Crippen LogP contribution in [0.15, 0.2) is 17.5 Å². The summed E-state index contributed by atoms with van der Waals surface area (Å²) >= 11 is 1.58. The maximum Gasteiger partial charge on any atom is 0.258 e. The van der Waals surface area contributed by atoms with E-state index in [9.17, 15) is 4.79 Å². The predicted molar refractivity (Wildman–Crippen MR) is 84.8 cm³/mol. The third-order valence-electron chi connectivity index (χ3n) is 3.26. The van der Waals surface area contributed by atoms with Gasteiger partial charge in [0.25, 0.3) is 5.91 Å². The lowest BCUT2D eigenvalue weighted by Gasteiger charge is -2.12. The summed E-state index contributed by atoms with van der Waals surface area (Å²) in [4.78, 5) is 16.1. The molecule has 0 spiro atoms. The highest BCUT2D eigenvalue weighted by atomic mass is 32.1. The van der Waals surface area contributed by atoms with Gasteiger partial charge in [0.1, 0.15) is 5.75 Å². The van der Waals surface area contributed by atoms with Crippen LogP contribution >= 0.6 is 11.3 Å². The molecule has 0 saturated carbocycles. The molecule has 1 amide bonds. The second-order valence-corrected chi connectivity index (χ2v) is 6.19. The van der Waals surface area contributed by atoms with E-state index in [1.54, 1.807) is 11.3 Å². The first-order valence-electron chi connectivity index (χ1n) is 6.84. The molecule has 0 saturated heterocycles. The minimum atomic E-state index is -0.140. The van der Waals surface area contributed by atoms with Crippen LogP contribution in [0.1, 0.15) is 27.4 Å². The van der Waals surface area contributed by atoms with Crippen LogP contribution in [-0.2, 0) is 11.3 Å². The number of hydrogen-bond acceptors (Lipinski definition) is 4. The average molecular weight is 304 g/mol. The van der Waals surface area contributed by atoms with Gasteiger partial charge in [-0.15, -0.1) is 11.3 Å². The Morgan fingerprint density at radius 3 is 2.71 bits per heavy atom. The summed E-state index contributed by atoms with van der Waals surface area (Å²) in [6.07, 6.45) is 0. The molecule has 0 aliphatic heterocycles. The molecule has 1 aromatic heterocycles. The molecule has 2 aromatic rings. The number of amides is 1. The van der Waals surface area contributed by atoms with Gasteiger partial charge in [-0.25, -0.2) is 4.98 Å². The number of benzene rings is 1. The number of rotatable bonds is 5. The van der Waals surface area contributed by atoms with Crippen molar-refractivity contribution >= 4 is 17.2 Å². The van der Waals surface area contributed by atoms with Crippen LogP contribution < -0.4 is 10.1 Å². The zero-order chi connectivity index (χ0) is 15.4. The number of carbonyl (C=O) groups excluding carboxylic acids is 1. The number of carbonyl (C=O) groups is 1. The topological polar surface area (TPSA) is 51.2 Å². The van der Waals surface area contributed by atoms with Crippen molar-refractivity contribution in [2.75, 3.05) is 6.61 Å². The van der Waals surface area contributed by atoms with Crippen LogP contribution in [0.3, 0.4) is 0 Å². The van der Waals surface area contributed by atoms with Crippen molar-refractivity contribution in [3.8, 4) is 5.75 Å². The lowest BCUT2D eigenvalue weighted by atomic mass is 10.1. The summed E-state index contributed by atoms with van der Waals surface area (Å²) in [5.41, 5.74) is 4.26. The number of ether oxygens (including phenoxy) is 1. The van der Waals surface area contributed by atoms with E-state index >= 15 is 0 Å². The molecule has 4 nitrogen and oxygen atoms in total. The third-order valence-corrected chi connectivity index (χ3v) is 4.08. The molecule has 0 fully saturated rings. The molecule has 0 aliphatic carbocycles. The lowest BCUT2D eigenvalue weighted by molar-refractivity contribution is -0.123. The molecule has 0 atom stereocenters. The molecule has 0 unspecified atom stereocenters. The highest BCUT2D eigenvalue weighted by Gasteiger charge is 2.08. The monoisotopic (exact) mass is 304 g/mol. The highest BCUT2D eigenvalue weighted by Crippen LogP contribution is 2.23. The molecule has 1 N–H and O–H groups in total. The summed E-state index contributed by atoms with van der Waals surface area (Å²) in [5.74, 6) is 0.631. The Hall–Kier alpha value is -1.88. The van der Waals surface area contributed by atoms with Gasteiger partial charge in [-0.05, 0) is 50.5 Å². The van der Waals surface area contributed by atoms with Crippen molar-refractivity contribution in [1.82, 2.24) is 10.3 Å². The Morgan fingerprint density at radius 1 is 1.29 bits per heavy atom. The number of aryl methyl sites for hydroxylation is 3. The molecule has 112 valence electrons. The zero-order valence-electron chi connectivity index (χ0n) is 12.8. The quantitative estimate of drug-likeness (QED) is 0.923. The van der Waals surface area contributed by atoms with E-state index in [1.807, 2.05) is 39.1 Å². The van der Waals surface area contributed by atoms with E-state index in [1.165, 1.54) is 5.56 Å². The van der Waals surface area contributed by atoms with Gasteiger partial charge in [0.15, 0.2) is 6.61 Å². The van der Waals surface area contributed by atoms with Crippen molar-refractivity contribution in [3.05, 3.63) is 44.9 Å². The Bertz CT molecular complexity index is 650. The Kier molecular flexibility index (Phi) is 4.96. The summed E-state index contributed by atoms with van der Waals surface area (Å²) < 4.78 is 5.62. The van der Waals surface area contributed by atoms with E-state index in [2.05, 4.69) is 16.4 Å². The number of nitrogens with zero attached hydrogens (tertiary/aromatic N) is 1. The molecule has 0 aliphatic rings. The van der Waals surface area contributed by atoms with Crippen LogP contribution in [0.4, 0.5) is 0 Å². The summed E-state index contributed by atoms with van der Waals surface area (Å²) in [7, 11) is 0. The molecular formula is C16H20N2O2S. The molecule has 5 heteroatoms. The van der Waals surface area contributed by atoms with Crippen molar-refractivity contribution in [1.29, 1.82) is 0 Å². The molecule has 0 radical (unpaired) electrons. The van der Waals surface area contributed by atoms with Crippen molar-refractivity contribution in [2.45, 2.75) is 34.2 Å². The SMILES string of the molecule is Cc1cc(C)c(C)c(OCC(=O)NCc2csc(C)n2)c1. The van der Waals surface area contributed by atoms with E-state index in [4.69, 9.17) is 4.74 Å². The minimum absolute atomic E-state index is 0.0207. The van der Waals surface area contributed by atoms with Crippen molar-refractivity contribution < 1.29 is 9.53 Å². The third kappa shape index (κ3) is 4.29. The first-order valence-corrected chi connectivity index (χ1v) is 7.72. The van der Waals surface area contributed by atoms with E-state index < -0.39 is 0 Å². The van der Waals surface area contributed by atoms with Crippen LogP contribution in [0.25, 0.3) is 0 Å². The largest absolute Gasteiger partial charge is 0.483 e. The molecule has 1 aromatic carbocycles. The van der Waals surface area contributed by atoms with Gasteiger partial charge < -0.3 is 10.1 Å². The van der Waals surface area contributed by atoms with Crippen LogP contribution in [-0.4, -0.2) is 17.5 Å². The maximum atomic E-state index is 11.8. The minimum Gasteiger partial charge on any atom is -0.483 e. The number of aromatic nitrogens is 1. The Balaban J connectivity index is 1.86. The summed E-state index contributed by atoms with van der Waals surface area (Å²) in [6, 6.07) is 4.06. The lowest BCUT2D eigenvalue weighted by Crippen LogP contribution is -2.28. The van der Waals surface area contributed by atoms with Gasteiger partial charge in [0.2, 0.25) is 0 Å². The van der Waals surface area contributed by atoms with Gasteiger partial charge in [0, 0.05) is 5.38 Å². The fourth-order valence-corrected chi connectivity index (χ4v) is 2.64. The van der Waals surface area contributed by atoms with E-state index in [0.717, 1.165) is 27.6 Å². The van der Waals surface area contributed by atoms with Gasteiger partial charge in [-0.1, -0.05) is 6.07 Å². The molecule has 2 rings (SSSR count). The highest BCUT2D eigenvalue weighted by molar-refractivity contribution is 7.09. The first-order chi connectivity index (χ1) is 9.95. The normalized spacial score (nSPS) is 10.5. The van der Waals surface area contributed by atoms with E-state index in [-0.39, 0.29) is 12.5 Å². The molecular weight excluding hydrogens is 284 g/mol. The zero-order valence-corrected chi connectivity index (χ0v) is 13.6. The van der Waals surface area contributed by atoms with Crippen LogP contribution in [0.5, 0.6) is 5.75 Å². The number of thiazole rings is 1. The second-order valence-electron chi connectivity index (χ2n) is 5.13. The molecule has 21 heavy (non-hydrogen) atoms. The molecule has 0 bridgehead atoms. The Labute approximate surface area is 129 Å². The maximum absolute atomic E-state index is 11.8. The fraction of sp³-hybridized carbons (Fsp3) is 0.375. The molecule has 1 heterocycles. The second kappa shape index (κ2) is 6.72. The standard InChI is InChI=1S/C16H20N2O2S/c1-10-5-11(2)12(3)15(6-10)20-8-16(19)17-7-14-9-21-13(4)18-14/h5-6,9H,7-8H2,1-4H3,(H,17,19). The predicted octanol–water partition coefficient (Wildman–Crippen LogP) is 3.07.